The molecule has 3 aliphatic rings. The van der Waals surface area contributed by atoms with Gasteiger partial charge in [0.25, 0.3) is 0 Å². The Bertz CT molecular complexity index is 1100. The molecule has 4 rings (SSSR count). The second kappa shape index (κ2) is 11.3. The predicted octanol–water partition coefficient (Wildman–Crippen LogP) is -1.66. The molecule has 10 atom stereocenters. The molecule has 2 heterocycles. The van der Waals surface area contributed by atoms with Crippen LogP contribution in [-0.4, -0.2) is 111 Å². The first-order valence-corrected chi connectivity index (χ1v) is 12.2. The van der Waals surface area contributed by atoms with Gasteiger partial charge < -0.3 is 54.3 Å². The van der Waals surface area contributed by atoms with E-state index in [0.29, 0.717) is 0 Å². The summed E-state index contributed by atoms with van der Waals surface area (Å²) in [6, 6.07) is 8.90. The third-order valence-corrected chi connectivity index (χ3v) is 7.34. The Labute approximate surface area is 223 Å². The van der Waals surface area contributed by atoms with Crippen molar-refractivity contribution in [1.82, 2.24) is 0 Å². The van der Waals surface area contributed by atoms with Crippen molar-refractivity contribution < 1.29 is 63.9 Å². The maximum absolute atomic E-state index is 12.6. The molecule has 39 heavy (non-hydrogen) atoms. The fraction of sp³-hybridized carbons (Fsp3) is 0.538. The molecule has 2 aliphatic heterocycles. The van der Waals surface area contributed by atoms with Crippen LogP contribution >= 0.6 is 0 Å². The highest BCUT2D eigenvalue weighted by Gasteiger charge is 2.69. The molecule has 1 aromatic rings. The molecule has 0 bridgehead atoms. The molecule has 6 N–H and O–H groups in total. The van der Waals surface area contributed by atoms with Gasteiger partial charge in [0.05, 0.1) is 25.9 Å². The van der Waals surface area contributed by atoms with Crippen molar-refractivity contribution in [2.24, 2.45) is 5.92 Å². The quantitative estimate of drug-likeness (QED) is 0.166. The Morgan fingerprint density at radius 2 is 1.77 bits per heavy atom. The van der Waals surface area contributed by atoms with Crippen LogP contribution in [-0.2, 0) is 33.3 Å². The van der Waals surface area contributed by atoms with Crippen LogP contribution in [0.5, 0.6) is 0 Å². The summed E-state index contributed by atoms with van der Waals surface area (Å²) in [7, 11) is 1.08. The number of hydrogen-bond donors (Lipinski definition) is 6. The van der Waals surface area contributed by atoms with Crippen molar-refractivity contribution in [2.75, 3.05) is 13.7 Å². The fourth-order valence-corrected chi connectivity index (χ4v) is 5.22. The summed E-state index contributed by atoms with van der Waals surface area (Å²) in [4.78, 5) is 25.1. The maximum atomic E-state index is 12.6. The number of methoxy groups -OCH3 is 1. The van der Waals surface area contributed by atoms with Crippen LogP contribution in [0.3, 0.4) is 0 Å². The number of ether oxygens (including phenoxy) is 5. The van der Waals surface area contributed by atoms with E-state index in [2.05, 4.69) is 0 Å². The highest BCUT2D eigenvalue weighted by atomic mass is 16.8. The van der Waals surface area contributed by atoms with E-state index in [0.717, 1.165) is 25.0 Å². The molecular weight excluding hydrogens is 520 g/mol. The highest BCUT2D eigenvalue weighted by Crippen LogP contribution is 2.53. The van der Waals surface area contributed by atoms with E-state index in [4.69, 9.17) is 23.7 Å². The van der Waals surface area contributed by atoms with Crippen LogP contribution in [0.2, 0.25) is 0 Å². The zero-order chi connectivity index (χ0) is 28.5. The first kappa shape index (κ1) is 29.1. The smallest absolute Gasteiger partial charge is 0.339 e. The standard InChI is InChI=1S/C26H32O13/c1-25(33)16(38-17(28)9-8-13-6-4-3-5-7-13)10-26(34)14(22(32)35-2)12-36-24(21(25)26)39-23-20(31)19(30)18(29)15(11-27)37-23/h3-9,12,15-16,18-21,23-24,27,29-31,33-34H,10-11H2,1-2H3/t15-,16+,18-,19+,20-,21-,23-,24-,25-,26-/m1/s1. The molecule has 2 fully saturated rings. The van der Waals surface area contributed by atoms with E-state index < -0.39 is 85.2 Å². The lowest BCUT2D eigenvalue weighted by atomic mass is 9.77. The molecule has 0 aromatic heterocycles. The Balaban J connectivity index is 1.61. The van der Waals surface area contributed by atoms with E-state index in [9.17, 15) is 40.2 Å². The van der Waals surface area contributed by atoms with Crippen LogP contribution in [0.4, 0.5) is 0 Å². The molecule has 13 heteroatoms. The number of carbonyl (C=O) groups excluding carboxylic acids is 2. The molecule has 0 radical (unpaired) electrons. The highest BCUT2D eigenvalue weighted by molar-refractivity contribution is 5.91. The lowest BCUT2D eigenvalue weighted by Gasteiger charge is -2.46. The van der Waals surface area contributed by atoms with Crippen molar-refractivity contribution in [2.45, 2.75) is 67.6 Å². The molecule has 1 aliphatic carbocycles. The second-order valence-electron chi connectivity index (χ2n) is 9.86. The van der Waals surface area contributed by atoms with E-state index >= 15 is 0 Å². The van der Waals surface area contributed by atoms with E-state index in [1.54, 1.807) is 24.3 Å². The first-order valence-electron chi connectivity index (χ1n) is 12.2. The minimum absolute atomic E-state index is 0.373. The van der Waals surface area contributed by atoms with Crippen LogP contribution < -0.4 is 0 Å². The van der Waals surface area contributed by atoms with Gasteiger partial charge in [-0.2, -0.15) is 0 Å². The number of aliphatic hydroxyl groups excluding tert-OH is 4. The Hall–Kier alpha value is -2.88. The van der Waals surface area contributed by atoms with Gasteiger partial charge in [0.1, 0.15) is 47.3 Å². The number of fused-ring (bicyclic) bond motifs is 1. The summed E-state index contributed by atoms with van der Waals surface area (Å²) >= 11 is 0. The van der Waals surface area contributed by atoms with Crippen molar-refractivity contribution in [3.63, 3.8) is 0 Å². The second-order valence-corrected chi connectivity index (χ2v) is 9.86. The molecule has 0 unspecified atom stereocenters. The molecule has 0 spiro atoms. The summed E-state index contributed by atoms with van der Waals surface area (Å²) in [5.41, 5.74) is -3.92. The van der Waals surface area contributed by atoms with Gasteiger partial charge in [-0.05, 0) is 18.6 Å². The third kappa shape index (κ3) is 5.44. The summed E-state index contributed by atoms with van der Waals surface area (Å²) in [5.74, 6) is -3.31. The average Bonchev–Trinajstić information content (AvgIpc) is 3.12. The van der Waals surface area contributed by atoms with Gasteiger partial charge >= 0.3 is 11.9 Å². The Morgan fingerprint density at radius 3 is 2.41 bits per heavy atom. The summed E-state index contributed by atoms with van der Waals surface area (Å²) in [6.45, 7) is 0.532. The molecule has 214 valence electrons. The monoisotopic (exact) mass is 552 g/mol. The van der Waals surface area contributed by atoms with Crippen LogP contribution in [0.1, 0.15) is 18.9 Å². The molecule has 0 amide bonds. The van der Waals surface area contributed by atoms with Crippen LogP contribution in [0.25, 0.3) is 6.08 Å². The summed E-state index contributed by atoms with van der Waals surface area (Å²) in [5, 5.41) is 63.3. The van der Waals surface area contributed by atoms with Crippen molar-refractivity contribution >= 4 is 18.0 Å². The Morgan fingerprint density at radius 1 is 1.08 bits per heavy atom. The summed E-state index contributed by atoms with van der Waals surface area (Å²) in [6.07, 6.45) is -8.13. The number of rotatable bonds is 7. The van der Waals surface area contributed by atoms with Crippen molar-refractivity contribution in [1.29, 1.82) is 0 Å². The summed E-state index contributed by atoms with van der Waals surface area (Å²) < 4.78 is 26.8. The van der Waals surface area contributed by atoms with Crippen LogP contribution in [0.15, 0.2) is 48.2 Å². The molecular formula is C26H32O13. The number of carbonyl (C=O) groups is 2. The fourth-order valence-electron chi connectivity index (χ4n) is 5.22. The zero-order valence-electron chi connectivity index (χ0n) is 21.2. The number of hydrogen-bond acceptors (Lipinski definition) is 13. The van der Waals surface area contributed by atoms with Gasteiger partial charge in [-0.15, -0.1) is 0 Å². The van der Waals surface area contributed by atoms with Gasteiger partial charge in [0, 0.05) is 12.5 Å². The number of esters is 2. The van der Waals surface area contributed by atoms with Gasteiger partial charge in [0.2, 0.25) is 6.29 Å². The first-order chi connectivity index (χ1) is 18.4. The lowest BCUT2D eigenvalue weighted by Crippen LogP contribution is -2.62. The predicted molar refractivity (Wildman–Crippen MR) is 129 cm³/mol. The molecule has 13 nitrogen and oxygen atoms in total. The normalized spacial score (nSPS) is 39.9. The minimum atomic E-state index is -2.19. The van der Waals surface area contributed by atoms with Gasteiger partial charge in [0.15, 0.2) is 6.29 Å². The van der Waals surface area contributed by atoms with E-state index in [1.165, 1.54) is 13.0 Å². The molecule has 1 saturated heterocycles. The third-order valence-electron chi connectivity index (χ3n) is 7.34. The largest absolute Gasteiger partial charge is 0.471 e. The molecule has 1 aromatic carbocycles. The van der Waals surface area contributed by atoms with E-state index in [1.807, 2.05) is 6.07 Å². The Kier molecular flexibility index (Phi) is 8.44. The molecule has 1 saturated carbocycles. The van der Waals surface area contributed by atoms with Gasteiger partial charge in [-0.3, -0.25) is 0 Å². The topological polar surface area (TPSA) is 202 Å². The number of benzene rings is 1. The van der Waals surface area contributed by atoms with Gasteiger partial charge in [-0.1, -0.05) is 30.3 Å². The zero-order valence-corrected chi connectivity index (χ0v) is 21.2. The van der Waals surface area contributed by atoms with Crippen molar-refractivity contribution in [3.8, 4) is 0 Å². The van der Waals surface area contributed by atoms with E-state index in [-0.39, 0.29) is 5.57 Å². The minimum Gasteiger partial charge on any atom is -0.471 e. The van der Waals surface area contributed by atoms with Crippen molar-refractivity contribution in [3.05, 3.63) is 53.8 Å². The lowest BCUT2D eigenvalue weighted by molar-refractivity contribution is -0.352. The number of aliphatic hydroxyl groups is 6. The maximum Gasteiger partial charge on any atom is 0.339 e. The van der Waals surface area contributed by atoms with Gasteiger partial charge in [-0.25, -0.2) is 9.59 Å². The average molecular weight is 553 g/mol. The van der Waals surface area contributed by atoms with Crippen LogP contribution in [0, 0.1) is 5.92 Å². The SMILES string of the molecule is COC(=O)C1=CO[C@H](O[C@H]2O[C@H](CO)[C@@H](O)[C@H](O)[C@H]2O)[C@@H]2[C@](C)(O)[C@@H](OC(=O)C=Cc3ccccc3)C[C@@]12O.